The van der Waals surface area contributed by atoms with Crippen LogP contribution in [0.1, 0.15) is 32.6 Å². The predicted molar refractivity (Wildman–Crippen MR) is 70.3 cm³/mol. The molecule has 5 heteroatoms. The van der Waals surface area contributed by atoms with Crippen LogP contribution in [0.15, 0.2) is 0 Å². The van der Waals surface area contributed by atoms with E-state index in [1.54, 1.807) is 7.11 Å². The Morgan fingerprint density at radius 3 is 2.50 bits per heavy atom. The maximum atomic E-state index is 12.0. The lowest BCUT2D eigenvalue weighted by Gasteiger charge is -2.35. The second-order valence-corrected chi connectivity index (χ2v) is 4.79. The number of ether oxygens (including phenoxy) is 2. The number of nitrogens with two attached hydrogens (primary N) is 1. The quantitative estimate of drug-likeness (QED) is 0.685. The Morgan fingerprint density at radius 1 is 1.28 bits per heavy atom. The molecule has 0 saturated heterocycles. The van der Waals surface area contributed by atoms with E-state index >= 15 is 0 Å². The highest BCUT2D eigenvalue weighted by Gasteiger charge is 2.26. The van der Waals surface area contributed by atoms with Crippen LogP contribution in [0.3, 0.4) is 0 Å². The highest BCUT2D eigenvalue weighted by atomic mass is 16.5. The number of nitrogens with zero attached hydrogens (tertiary/aromatic N) is 1. The summed E-state index contributed by atoms with van der Waals surface area (Å²) in [4.78, 5) is 14.0. The summed E-state index contributed by atoms with van der Waals surface area (Å²) >= 11 is 0. The van der Waals surface area contributed by atoms with Crippen molar-refractivity contribution in [3.05, 3.63) is 0 Å². The molecule has 0 aromatic rings. The first-order valence-corrected chi connectivity index (χ1v) is 6.80. The molecule has 1 aliphatic carbocycles. The van der Waals surface area contributed by atoms with Gasteiger partial charge in [-0.3, -0.25) is 4.79 Å². The summed E-state index contributed by atoms with van der Waals surface area (Å²) < 4.78 is 10.2. The normalized spacial score (nSPS) is 23.9. The van der Waals surface area contributed by atoms with E-state index in [0.717, 1.165) is 32.2 Å². The third kappa shape index (κ3) is 4.92. The zero-order valence-electron chi connectivity index (χ0n) is 11.6. The topological polar surface area (TPSA) is 64.8 Å². The van der Waals surface area contributed by atoms with Crippen LogP contribution in [-0.2, 0) is 14.3 Å². The zero-order valence-corrected chi connectivity index (χ0v) is 11.6. The Balaban J connectivity index is 2.32. The molecule has 0 bridgehead atoms. The van der Waals surface area contributed by atoms with Gasteiger partial charge in [0.2, 0.25) is 5.91 Å². The van der Waals surface area contributed by atoms with Gasteiger partial charge < -0.3 is 20.1 Å². The van der Waals surface area contributed by atoms with E-state index in [0.29, 0.717) is 25.3 Å². The Bertz CT molecular complexity index is 240. The van der Waals surface area contributed by atoms with E-state index in [1.165, 1.54) is 0 Å². The van der Waals surface area contributed by atoms with Crippen molar-refractivity contribution in [2.24, 2.45) is 5.73 Å². The summed E-state index contributed by atoms with van der Waals surface area (Å²) in [6, 6.07) is 0.654. The van der Waals surface area contributed by atoms with Gasteiger partial charge in [-0.2, -0.15) is 0 Å². The zero-order chi connectivity index (χ0) is 13.4. The fourth-order valence-electron chi connectivity index (χ4n) is 2.44. The van der Waals surface area contributed by atoms with Gasteiger partial charge in [0, 0.05) is 25.7 Å². The average molecular weight is 258 g/mol. The van der Waals surface area contributed by atoms with Gasteiger partial charge in [0.15, 0.2) is 0 Å². The SMILES string of the molecule is CCN(C(=O)COCCOC)C1CCC(N)CC1. The van der Waals surface area contributed by atoms with Gasteiger partial charge in [-0.05, 0) is 32.6 Å². The molecule has 2 N–H and O–H groups in total. The molecule has 0 radical (unpaired) electrons. The van der Waals surface area contributed by atoms with Crippen LogP contribution in [0, 0.1) is 0 Å². The first kappa shape index (κ1) is 15.4. The lowest BCUT2D eigenvalue weighted by molar-refractivity contribution is -0.139. The standard InChI is InChI=1S/C13H26N2O3/c1-3-15(12-6-4-11(14)5-7-12)13(16)10-18-9-8-17-2/h11-12H,3-10,14H2,1-2H3. The van der Waals surface area contributed by atoms with Crippen LogP contribution in [0.4, 0.5) is 0 Å². The number of amides is 1. The van der Waals surface area contributed by atoms with Crippen LogP contribution >= 0.6 is 0 Å². The second kappa shape index (κ2) is 8.45. The molecule has 0 unspecified atom stereocenters. The number of methoxy groups -OCH3 is 1. The van der Waals surface area contributed by atoms with Gasteiger partial charge in [0.1, 0.15) is 6.61 Å². The fourth-order valence-corrected chi connectivity index (χ4v) is 2.44. The van der Waals surface area contributed by atoms with Crippen LogP contribution in [0.2, 0.25) is 0 Å². The summed E-state index contributed by atoms with van der Waals surface area (Å²) in [5.41, 5.74) is 5.89. The maximum absolute atomic E-state index is 12.0. The molecule has 106 valence electrons. The predicted octanol–water partition coefficient (Wildman–Crippen LogP) is 0.768. The minimum Gasteiger partial charge on any atom is -0.382 e. The van der Waals surface area contributed by atoms with Crippen LogP contribution < -0.4 is 5.73 Å². The number of carbonyl (C=O) groups excluding carboxylic acids is 1. The molecule has 0 aliphatic heterocycles. The third-order valence-corrected chi connectivity index (χ3v) is 3.50. The van der Waals surface area contributed by atoms with Gasteiger partial charge in [-0.15, -0.1) is 0 Å². The van der Waals surface area contributed by atoms with E-state index in [1.807, 2.05) is 11.8 Å². The van der Waals surface area contributed by atoms with E-state index < -0.39 is 0 Å². The number of likely N-dealkylation sites (N-methyl/N-ethyl adjacent to an activating group) is 1. The van der Waals surface area contributed by atoms with Gasteiger partial charge in [-0.1, -0.05) is 0 Å². The molecule has 5 nitrogen and oxygen atoms in total. The number of carbonyl (C=O) groups is 1. The highest BCUT2D eigenvalue weighted by molar-refractivity contribution is 5.77. The molecule has 0 aromatic heterocycles. The Kier molecular flexibility index (Phi) is 7.23. The Morgan fingerprint density at radius 2 is 1.94 bits per heavy atom. The summed E-state index contributed by atoms with van der Waals surface area (Å²) in [7, 11) is 1.62. The third-order valence-electron chi connectivity index (χ3n) is 3.50. The van der Waals surface area contributed by atoms with Crippen molar-refractivity contribution < 1.29 is 14.3 Å². The minimum absolute atomic E-state index is 0.0778. The maximum Gasteiger partial charge on any atom is 0.248 e. The van der Waals surface area contributed by atoms with E-state index in [9.17, 15) is 4.79 Å². The molecule has 1 aliphatic rings. The number of rotatable bonds is 7. The van der Waals surface area contributed by atoms with Gasteiger partial charge in [0.05, 0.1) is 13.2 Å². The molecule has 18 heavy (non-hydrogen) atoms. The molecular formula is C13H26N2O3. The summed E-state index contributed by atoms with van der Waals surface area (Å²) in [5.74, 6) is 0.0778. The largest absolute Gasteiger partial charge is 0.382 e. The second-order valence-electron chi connectivity index (χ2n) is 4.79. The summed E-state index contributed by atoms with van der Waals surface area (Å²) in [6.07, 6.45) is 4.05. The summed E-state index contributed by atoms with van der Waals surface area (Å²) in [5, 5.41) is 0. The van der Waals surface area contributed by atoms with E-state index in [2.05, 4.69) is 0 Å². The van der Waals surface area contributed by atoms with Crippen molar-refractivity contribution >= 4 is 5.91 Å². The molecular weight excluding hydrogens is 232 g/mol. The van der Waals surface area contributed by atoms with Gasteiger partial charge in [0.25, 0.3) is 0 Å². The van der Waals surface area contributed by atoms with Crippen molar-refractivity contribution in [3.8, 4) is 0 Å². The smallest absolute Gasteiger partial charge is 0.248 e. The molecule has 1 rings (SSSR count). The van der Waals surface area contributed by atoms with E-state index in [-0.39, 0.29) is 12.5 Å². The fraction of sp³-hybridized carbons (Fsp3) is 0.923. The monoisotopic (exact) mass is 258 g/mol. The molecule has 0 aromatic carbocycles. The van der Waals surface area contributed by atoms with Gasteiger partial charge in [-0.25, -0.2) is 0 Å². The highest BCUT2D eigenvalue weighted by Crippen LogP contribution is 2.22. The first-order chi connectivity index (χ1) is 8.69. The van der Waals surface area contributed by atoms with Crippen molar-refractivity contribution in [3.63, 3.8) is 0 Å². The lowest BCUT2D eigenvalue weighted by atomic mass is 9.90. The van der Waals surface area contributed by atoms with Crippen LogP contribution in [0.25, 0.3) is 0 Å². The van der Waals surface area contributed by atoms with Crippen LogP contribution in [0.5, 0.6) is 0 Å². The number of hydrogen-bond donors (Lipinski definition) is 1. The lowest BCUT2D eigenvalue weighted by Crippen LogP contribution is -2.45. The van der Waals surface area contributed by atoms with Crippen molar-refractivity contribution in [1.82, 2.24) is 4.90 Å². The van der Waals surface area contributed by atoms with Crippen molar-refractivity contribution in [2.75, 3.05) is 33.5 Å². The minimum atomic E-state index is 0.0778. The first-order valence-electron chi connectivity index (χ1n) is 6.80. The molecule has 0 heterocycles. The van der Waals surface area contributed by atoms with E-state index in [4.69, 9.17) is 15.2 Å². The van der Waals surface area contributed by atoms with Crippen molar-refractivity contribution in [1.29, 1.82) is 0 Å². The molecule has 1 amide bonds. The summed E-state index contributed by atoms with van der Waals surface area (Å²) in [6.45, 7) is 3.90. The van der Waals surface area contributed by atoms with Crippen molar-refractivity contribution in [2.45, 2.75) is 44.7 Å². The van der Waals surface area contributed by atoms with Gasteiger partial charge >= 0.3 is 0 Å². The van der Waals surface area contributed by atoms with Crippen LogP contribution in [-0.4, -0.2) is 56.4 Å². The molecule has 0 spiro atoms. The average Bonchev–Trinajstić information content (AvgIpc) is 2.38. The molecule has 1 fully saturated rings. The molecule has 1 saturated carbocycles. The Hall–Kier alpha value is -0.650. The molecule has 0 atom stereocenters. The Labute approximate surface area is 110 Å². The number of hydrogen-bond acceptors (Lipinski definition) is 4.